The third kappa shape index (κ3) is 2.23. The van der Waals surface area contributed by atoms with Gasteiger partial charge < -0.3 is 5.32 Å². The number of rotatable bonds is 4. The molecule has 0 aliphatic heterocycles. The van der Waals surface area contributed by atoms with Gasteiger partial charge in [0.2, 0.25) is 0 Å². The molecule has 3 rings (SSSR count). The summed E-state index contributed by atoms with van der Waals surface area (Å²) in [7, 11) is 0. The number of hydrogen-bond acceptors (Lipinski definition) is 5. The van der Waals surface area contributed by atoms with Gasteiger partial charge in [0.25, 0.3) is 0 Å². The molecule has 100 valence electrons. The largest absolute Gasteiger partial charge is 0.368 e. The van der Waals surface area contributed by atoms with Crippen molar-refractivity contribution in [2.75, 3.05) is 11.9 Å². The summed E-state index contributed by atoms with van der Waals surface area (Å²) in [5.41, 5.74) is 2.48. The average Bonchev–Trinajstić information content (AvgIpc) is 2.98. The molecular weight excluding hydrogens is 252 g/mol. The Kier molecular flexibility index (Phi) is 3.36. The van der Waals surface area contributed by atoms with Gasteiger partial charge in [0.15, 0.2) is 5.82 Å². The Morgan fingerprint density at radius 1 is 1.10 bits per heavy atom. The van der Waals surface area contributed by atoms with Gasteiger partial charge in [-0.25, -0.2) is 14.6 Å². The van der Waals surface area contributed by atoms with Crippen molar-refractivity contribution in [1.29, 1.82) is 0 Å². The molecule has 3 aromatic rings. The van der Waals surface area contributed by atoms with E-state index in [-0.39, 0.29) is 0 Å². The summed E-state index contributed by atoms with van der Waals surface area (Å²) in [6.07, 6.45) is 5.02. The van der Waals surface area contributed by atoms with Crippen molar-refractivity contribution in [3.63, 3.8) is 0 Å². The minimum atomic E-state index is 0.731. The van der Waals surface area contributed by atoms with E-state index in [9.17, 15) is 0 Å². The van der Waals surface area contributed by atoms with Crippen molar-refractivity contribution >= 4 is 5.82 Å². The van der Waals surface area contributed by atoms with E-state index < -0.39 is 0 Å². The molecule has 0 bridgehead atoms. The van der Waals surface area contributed by atoms with E-state index in [0.29, 0.717) is 0 Å². The summed E-state index contributed by atoms with van der Waals surface area (Å²) in [6, 6.07) is 9.83. The van der Waals surface area contributed by atoms with E-state index in [2.05, 4.69) is 25.6 Å². The Hall–Kier alpha value is -2.76. The summed E-state index contributed by atoms with van der Waals surface area (Å²) in [5, 5.41) is 11.3. The quantitative estimate of drug-likeness (QED) is 0.783. The zero-order valence-electron chi connectivity index (χ0n) is 11.1. The molecule has 0 atom stereocenters. The summed E-state index contributed by atoms with van der Waals surface area (Å²) in [5.74, 6) is 0.731. The second kappa shape index (κ2) is 5.48. The number of hydrogen-bond donors (Lipinski definition) is 1. The molecule has 20 heavy (non-hydrogen) atoms. The van der Waals surface area contributed by atoms with Gasteiger partial charge >= 0.3 is 0 Å². The molecule has 0 saturated heterocycles. The fraction of sp³-hybridized carbons (Fsp3) is 0.143. The molecule has 2 aromatic heterocycles. The Labute approximate surface area is 116 Å². The summed E-state index contributed by atoms with van der Waals surface area (Å²) >= 11 is 0. The second-order valence-corrected chi connectivity index (χ2v) is 4.15. The van der Waals surface area contributed by atoms with Crippen LogP contribution in [0.25, 0.3) is 17.1 Å². The zero-order chi connectivity index (χ0) is 13.8. The maximum Gasteiger partial charge on any atom is 0.154 e. The third-order valence-corrected chi connectivity index (χ3v) is 2.84. The first kappa shape index (κ1) is 12.3. The Morgan fingerprint density at radius 3 is 2.70 bits per heavy atom. The Balaban J connectivity index is 2.11. The molecule has 1 N–H and O–H groups in total. The molecule has 0 amide bonds. The van der Waals surface area contributed by atoms with E-state index in [0.717, 1.165) is 29.4 Å². The number of aromatic nitrogens is 5. The van der Waals surface area contributed by atoms with Crippen LogP contribution in [0.4, 0.5) is 5.82 Å². The van der Waals surface area contributed by atoms with Crippen molar-refractivity contribution in [3.05, 3.63) is 48.9 Å². The van der Waals surface area contributed by atoms with Crippen LogP contribution >= 0.6 is 0 Å². The number of anilines is 1. The van der Waals surface area contributed by atoms with E-state index >= 15 is 0 Å². The Bertz CT molecular complexity index is 692. The van der Waals surface area contributed by atoms with Crippen LogP contribution in [0.3, 0.4) is 0 Å². The molecule has 0 unspecified atom stereocenters. The first-order chi connectivity index (χ1) is 9.90. The van der Waals surface area contributed by atoms with Crippen LogP contribution in [0.2, 0.25) is 0 Å². The number of nitrogens with zero attached hydrogens (tertiary/aromatic N) is 5. The van der Waals surface area contributed by atoms with Gasteiger partial charge in [-0.1, -0.05) is 23.4 Å². The molecule has 0 fully saturated rings. The lowest BCUT2D eigenvalue weighted by molar-refractivity contribution is 0.806. The molecule has 6 heteroatoms. The van der Waals surface area contributed by atoms with E-state index in [1.54, 1.807) is 23.3 Å². The van der Waals surface area contributed by atoms with Crippen molar-refractivity contribution in [2.24, 2.45) is 0 Å². The number of para-hydroxylation sites is 1. The van der Waals surface area contributed by atoms with Crippen molar-refractivity contribution in [1.82, 2.24) is 25.0 Å². The lowest BCUT2D eigenvalue weighted by Gasteiger charge is -2.09. The van der Waals surface area contributed by atoms with Gasteiger partial charge in [-0.15, -0.1) is 5.10 Å². The zero-order valence-corrected chi connectivity index (χ0v) is 11.1. The van der Waals surface area contributed by atoms with Gasteiger partial charge in [0, 0.05) is 18.9 Å². The standard InChI is InChI=1S/C14H14N6/c1-2-15-14-13(16-8-9-17-14)12-10-18-19-20(12)11-6-4-3-5-7-11/h3-10H,2H2,1H3,(H,15,17). The normalized spacial score (nSPS) is 10.4. The summed E-state index contributed by atoms with van der Waals surface area (Å²) < 4.78 is 1.75. The van der Waals surface area contributed by atoms with Crippen LogP contribution in [0.15, 0.2) is 48.9 Å². The lowest BCUT2D eigenvalue weighted by atomic mass is 10.2. The van der Waals surface area contributed by atoms with Crippen molar-refractivity contribution in [2.45, 2.75) is 6.92 Å². The monoisotopic (exact) mass is 266 g/mol. The molecule has 0 aliphatic rings. The molecule has 0 saturated carbocycles. The predicted octanol–water partition coefficient (Wildman–Crippen LogP) is 2.16. The molecular formula is C14H14N6. The Morgan fingerprint density at radius 2 is 1.90 bits per heavy atom. The summed E-state index contributed by atoms with van der Waals surface area (Å²) in [6.45, 7) is 2.80. The van der Waals surface area contributed by atoms with Gasteiger partial charge in [-0.3, -0.25) is 0 Å². The van der Waals surface area contributed by atoms with Gasteiger partial charge in [-0.2, -0.15) is 0 Å². The second-order valence-electron chi connectivity index (χ2n) is 4.15. The highest BCUT2D eigenvalue weighted by molar-refractivity contribution is 5.69. The predicted molar refractivity (Wildman–Crippen MR) is 76.5 cm³/mol. The maximum absolute atomic E-state index is 4.40. The van der Waals surface area contributed by atoms with Gasteiger partial charge in [0.05, 0.1) is 11.9 Å². The highest BCUT2D eigenvalue weighted by Gasteiger charge is 2.14. The van der Waals surface area contributed by atoms with E-state index in [4.69, 9.17) is 0 Å². The highest BCUT2D eigenvalue weighted by Crippen LogP contribution is 2.24. The van der Waals surface area contributed by atoms with Crippen molar-refractivity contribution < 1.29 is 0 Å². The highest BCUT2D eigenvalue weighted by atomic mass is 15.4. The smallest absolute Gasteiger partial charge is 0.154 e. The molecule has 0 aliphatic carbocycles. The molecule has 0 radical (unpaired) electrons. The lowest BCUT2D eigenvalue weighted by Crippen LogP contribution is -2.05. The fourth-order valence-corrected chi connectivity index (χ4v) is 1.98. The van der Waals surface area contributed by atoms with Gasteiger partial charge in [0.1, 0.15) is 11.4 Å². The summed E-state index contributed by atoms with van der Waals surface area (Å²) in [4.78, 5) is 8.72. The number of benzene rings is 1. The fourth-order valence-electron chi connectivity index (χ4n) is 1.98. The molecule has 1 aromatic carbocycles. The topological polar surface area (TPSA) is 68.5 Å². The minimum absolute atomic E-state index is 0.731. The SMILES string of the molecule is CCNc1nccnc1-c1cnnn1-c1ccccc1. The van der Waals surface area contributed by atoms with Crippen molar-refractivity contribution in [3.8, 4) is 17.1 Å². The third-order valence-electron chi connectivity index (χ3n) is 2.84. The molecule has 2 heterocycles. The first-order valence-electron chi connectivity index (χ1n) is 6.41. The van der Waals surface area contributed by atoms with Crippen LogP contribution in [-0.2, 0) is 0 Å². The van der Waals surface area contributed by atoms with Crippen LogP contribution in [0.1, 0.15) is 6.92 Å². The van der Waals surface area contributed by atoms with Crippen LogP contribution in [0.5, 0.6) is 0 Å². The van der Waals surface area contributed by atoms with Gasteiger partial charge in [-0.05, 0) is 19.1 Å². The van der Waals surface area contributed by atoms with E-state index in [1.807, 2.05) is 37.3 Å². The van der Waals surface area contributed by atoms with Crippen LogP contribution in [0, 0.1) is 0 Å². The number of nitrogens with one attached hydrogen (secondary N) is 1. The van der Waals surface area contributed by atoms with Crippen LogP contribution < -0.4 is 5.32 Å². The molecule has 6 nitrogen and oxygen atoms in total. The molecule has 0 spiro atoms. The minimum Gasteiger partial charge on any atom is -0.368 e. The van der Waals surface area contributed by atoms with E-state index in [1.165, 1.54) is 0 Å². The maximum atomic E-state index is 4.40. The van der Waals surface area contributed by atoms with Crippen LogP contribution in [-0.4, -0.2) is 31.5 Å². The first-order valence-corrected chi connectivity index (χ1v) is 6.41. The average molecular weight is 266 g/mol.